The van der Waals surface area contributed by atoms with Gasteiger partial charge < -0.3 is 10.6 Å². The molecule has 2 aliphatic heterocycles. The maximum atomic E-state index is 11.3. The summed E-state index contributed by atoms with van der Waals surface area (Å²) in [6, 6.07) is -0.147. The topological polar surface area (TPSA) is 75.3 Å². The number of rotatable bonds is 1. The van der Waals surface area contributed by atoms with Crippen molar-refractivity contribution in [1.29, 1.82) is 0 Å². The summed E-state index contributed by atoms with van der Waals surface area (Å²) in [5.74, 6) is 0.770. The third kappa shape index (κ3) is 2.09. The molecule has 5 nitrogen and oxygen atoms in total. The summed E-state index contributed by atoms with van der Waals surface area (Å²) in [4.78, 5) is 11.1. The molecule has 0 saturated carbocycles. The van der Waals surface area contributed by atoms with Gasteiger partial charge in [-0.3, -0.25) is 0 Å². The van der Waals surface area contributed by atoms with E-state index >= 15 is 0 Å². The Morgan fingerprint density at radius 2 is 1.93 bits per heavy atom. The number of amides is 2. The van der Waals surface area contributed by atoms with E-state index in [0.29, 0.717) is 19.4 Å². The van der Waals surface area contributed by atoms with Crippen molar-refractivity contribution >= 4 is 15.9 Å². The minimum Gasteiger partial charge on any atom is -0.336 e. The van der Waals surface area contributed by atoms with Crippen LogP contribution in [0.15, 0.2) is 0 Å². The first-order valence-electron chi connectivity index (χ1n) is 5.18. The summed E-state index contributed by atoms with van der Waals surface area (Å²) >= 11 is 0. The van der Waals surface area contributed by atoms with Crippen LogP contribution < -0.4 is 10.6 Å². The Labute approximate surface area is 89.5 Å². The number of carbonyl (C=O) groups is 1. The minimum atomic E-state index is -2.82. The van der Waals surface area contributed by atoms with Gasteiger partial charge in [0.05, 0.1) is 17.0 Å². The van der Waals surface area contributed by atoms with Crippen molar-refractivity contribution in [2.24, 2.45) is 5.92 Å². The van der Waals surface area contributed by atoms with Crippen LogP contribution in [0, 0.1) is 5.92 Å². The zero-order chi connectivity index (χ0) is 11.1. The molecular weight excluding hydrogens is 216 g/mol. The standard InChI is InChI=1S/C9H16N2O3S/c1-9(6-10-8(12)11-9)7-2-4-15(13,14)5-3-7/h7H,2-6H2,1H3,(H2,10,11,12). The van der Waals surface area contributed by atoms with Crippen molar-refractivity contribution in [2.75, 3.05) is 18.1 Å². The number of urea groups is 1. The van der Waals surface area contributed by atoms with Crippen LogP contribution >= 0.6 is 0 Å². The molecule has 2 rings (SSSR count). The highest BCUT2D eigenvalue weighted by Gasteiger charge is 2.42. The summed E-state index contributed by atoms with van der Waals surface area (Å²) in [5, 5.41) is 5.61. The number of sulfone groups is 1. The highest BCUT2D eigenvalue weighted by Crippen LogP contribution is 2.30. The largest absolute Gasteiger partial charge is 0.336 e. The van der Waals surface area contributed by atoms with E-state index in [9.17, 15) is 13.2 Å². The monoisotopic (exact) mass is 232 g/mol. The molecule has 0 aromatic carbocycles. The maximum absolute atomic E-state index is 11.3. The van der Waals surface area contributed by atoms with Gasteiger partial charge in [0, 0.05) is 6.54 Å². The first kappa shape index (κ1) is 10.7. The molecule has 0 aliphatic carbocycles. The van der Waals surface area contributed by atoms with Crippen LogP contribution in [0.2, 0.25) is 0 Å². The average molecular weight is 232 g/mol. The van der Waals surface area contributed by atoms with Gasteiger partial charge in [-0.2, -0.15) is 0 Å². The van der Waals surface area contributed by atoms with Crippen LogP contribution in [0.1, 0.15) is 19.8 Å². The molecule has 0 bridgehead atoms. The van der Waals surface area contributed by atoms with E-state index in [-0.39, 0.29) is 29.0 Å². The third-order valence-corrected chi connectivity index (χ3v) is 5.19. The normalized spacial score (nSPS) is 35.9. The molecule has 2 saturated heterocycles. The molecule has 2 N–H and O–H groups in total. The van der Waals surface area contributed by atoms with Gasteiger partial charge in [-0.05, 0) is 25.7 Å². The number of hydrogen-bond acceptors (Lipinski definition) is 3. The van der Waals surface area contributed by atoms with Crippen LogP contribution in [-0.2, 0) is 9.84 Å². The van der Waals surface area contributed by atoms with Gasteiger partial charge in [-0.15, -0.1) is 0 Å². The quantitative estimate of drug-likeness (QED) is 0.662. The molecule has 1 atom stereocenters. The molecule has 2 aliphatic rings. The number of carbonyl (C=O) groups excluding carboxylic acids is 1. The van der Waals surface area contributed by atoms with Crippen LogP contribution in [0.25, 0.3) is 0 Å². The summed E-state index contributed by atoms with van der Waals surface area (Å²) < 4.78 is 22.6. The summed E-state index contributed by atoms with van der Waals surface area (Å²) in [5.41, 5.74) is -0.271. The van der Waals surface area contributed by atoms with E-state index in [1.807, 2.05) is 6.92 Å². The Kier molecular flexibility index (Phi) is 2.41. The first-order valence-corrected chi connectivity index (χ1v) is 7.00. The molecule has 6 heteroatoms. The smallest absolute Gasteiger partial charge is 0.315 e. The highest BCUT2D eigenvalue weighted by atomic mass is 32.2. The summed E-state index contributed by atoms with van der Waals surface area (Å²) in [7, 11) is -2.82. The van der Waals surface area contributed by atoms with Crippen molar-refractivity contribution in [3.63, 3.8) is 0 Å². The third-order valence-electron chi connectivity index (χ3n) is 3.47. The van der Waals surface area contributed by atoms with Crippen molar-refractivity contribution in [3.05, 3.63) is 0 Å². The van der Waals surface area contributed by atoms with Gasteiger partial charge in [0.25, 0.3) is 0 Å². The second-order valence-corrected chi connectivity index (χ2v) is 6.95. The Hall–Kier alpha value is -0.780. The molecule has 15 heavy (non-hydrogen) atoms. The Bertz CT molecular complexity index is 365. The fourth-order valence-electron chi connectivity index (χ4n) is 2.39. The molecule has 2 heterocycles. The van der Waals surface area contributed by atoms with Crippen molar-refractivity contribution in [2.45, 2.75) is 25.3 Å². The average Bonchev–Trinajstić information content (AvgIpc) is 2.47. The minimum absolute atomic E-state index is 0.147. The van der Waals surface area contributed by atoms with Crippen LogP contribution in [0.5, 0.6) is 0 Å². The highest BCUT2D eigenvalue weighted by molar-refractivity contribution is 7.91. The van der Waals surface area contributed by atoms with E-state index in [2.05, 4.69) is 10.6 Å². The number of nitrogens with one attached hydrogen (secondary N) is 2. The van der Waals surface area contributed by atoms with Gasteiger partial charge >= 0.3 is 6.03 Å². The predicted octanol–water partition coefficient (Wildman–Crippen LogP) is -0.117. The summed E-state index contributed by atoms with van der Waals surface area (Å²) in [6.45, 7) is 2.57. The maximum Gasteiger partial charge on any atom is 0.315 e. The van der Waals surface area contributed by atoms with Gasteiger partial charge in [0.2, 0.25) is 0 Å². The molecule has 0 aromatic rings. The second-order valence-electron chi connectivity index (χ2n) is 4.65. The Morgan fingerprint density at radius 1 is 1.33 bits per heavy atom. The van der Waals surface area contributed by atoms with Crippen molar-refractivity contribution < 1.29 is 13.2 Å². The molecule has 86 valence electrons. The lowest BCUT2D eigenvalue weighted by atomic mass is 9.82. The van der Waals surface area contributed by atoms with Crippen molar-refractivity contribution in [1.82, 2.24) is 10.6 Å². The van der Waals surface area contributed by atoms with E-state index in [4.69, 9.17) is 0 Å². The lowest BCUT2D eigenvalue weighted by Gasteiger charge is -2.35. The lowest BCUT2D eigenvalue weighted by Crippen LogP contribution is -2.49. The zero-order valence-corrected chi connectivity index (χ0v) is 9.56. The zero-order valence-electron chi connectivity index (χ0n) is 8.75. The molecule has 0 aromatic heterocycles. The molecule has 0 radical (unpaired) electrons. The van der Waals surface area contributed by atoms with E-state index in [0.717, 1.165) is 0 Å². The van der Waals surface area contributed by atoms with Gasteiger partial charge in [0.1, 0.15) is 9.84 Å². The Morgan fingerprint density at radius 3 is 2.40 bits per heavy atom. The van der Waals surface area contributed by atoms with E-state index < -0.39 is 9.84 Å². The second kappa shape index (κ2) is 3.37. The van der Waals surface area contributed by atoms with Crippen LogP contribution in [-0.4, -0.2) is 38.0 Å². The fraction of sp³-hybridized carbons (Fsp3) is 0.889. The SMILES string of the molecule is CC1(C2CCS(=O)(=O)CC2)CNC(=O)N1. The van der Waals surface area contributed by atoms with Crippen LogP contribution in [0.3, 0.4) is 0 Å². The van der Waals surface area contributed by atoms with E-state index in [1.165, 1.54) is 0 Å². The van der Waals surface area contributed by atoms with Gasteiger partial charge in [0.15, 0.2) is 0 Å². The van der Waals surface area contributed by atoms with Gasteiger partial charge in [-0.1, -0.05) is 0 Å². The Balaban J connectivity index is 2.04. The molecule has 2 fully saturated rings. The van der Waals surface area contributed by atoms with E-state index in [1.54, 1.807) is 0 Å². The fourth-order valence-corrected chi connectivity index (χ4v) is 3.88. The molecular formula is C9H16N2O3S. The lowest BCUT2D eigenvalue weighted by molar-refractivity contribution is 0.231. The molecule has 2 amide bonds. The predicted molar refractivity (Wildman–Crippen MR) is 56.3 cm³/mol. The van der Waals surface area contributed by atoms with Crippen molar-refractivity contribution in [3.8, 4) is 0 Å². The van der Waals surface area contributed by atoms with Crippen LogP contribution in [0.4, 0.5) is 4.79 Å². The van der Waals surface area contributed by atoms with Gasteiger partial charge in [-0.25, -0.2) is 13.2 Å². The molecule has 0 spiro atoms. The summed E-state index contributed by atoms with van der Waals surface area (Å²) in [6.07, 6.45) is 1.31. The number of hydrogen-bond donors (Lipinski definition) is 2. The molecule has 1 unspecified atom stereocenters. The first-order chi connectivity index (χ1) is 6.91.